The standard InChI is InChI=1S/C10H12N4OS/c11-14-9(8-4-2-1-3-5-8)12-13(6-7-16)10(14)15/h1-5,16H,6-7,11H2. The molecule has 0 radical (unpaired) electrons. The normalized spacial score (nSPS) is 10.6. The zero-order valence-electron chi connectivity index (χ0n) is 8.58. The number of aromatic nitrogens is 3. The molecule has 84 valence electrons. The van der Waals surface area contributed by atoms with Crippen molar-refractivity contribution in [3.05, 3.63) is 40.8 Å². The molecular formula is C10H12N4OS. The molecule has 0 spiro atoms. The van der Waals surface area contributed by atoms with E-state index in [0.29, 0.717) is 18.1 Å². The summed E-state index contributed by atoms with van der Waals surface area (Å²) in [5.74, 6) is 6.67. The van der Waals surface area contributed by atoms with Crippen molar-refractivity contribution in [3.8, 4) is 11.4 Å². The van der Waals surface area contributed by atoms with E-state index in [-0.39, 0.29) is 5.69 Å². The molecule has 0 fully saturated rings. The predicted octanol–water partition coefficient (Wildman–Crippen LogP) is 0.355. The van der Waals surface area contributed by atoms with Gasteiger partial charge in [0.25, 0.3) is 0 Å². The number of benzene rings is 1. The van der Waals surface area contributed by atoms with Crippen LogP contribution in [0.15, 0.2) is 35.1 Å². The van der Waals surface area contributed by atoms with Crippen LogP contribution in [-0.4, -0.2) is 20.2 Å². The molecule has 2 rings (SSSR count). The van der Waals surface area contributed by atoms with Crippen LogP contribution in [0.1, 0.15) is 0 Å². The van der Waals surface area contributed by atoms with Crippen LogP contribution in [0.4, 0.5) is 0 Å². The Bertz CT molecular complexity index is 531. The van der Waals surface area contributed by atoms with Gasteiger partial charge in [0.2, 0.25) is 0 Å². The number of nitrogens with zero attached hydrogens (tertiary/aromatic N) is 3. The summed E-state index contributed by atoms with van der Waals surface area (Å²) in [7, 11) is 0. The molecule has 0 saturated carbocycles. The molecule has 0 bridgehead atoms. The van der Waals surface area contributed by atoms with Crippen LogP contribution in [-0.2, 0) is 6.54 Å². The lowest BCUT2D eigenvalue weighted by Gasteiger charge is -1.97. The molecule has 5 nitrogen and oxygen atoms in total. The summed E-state index contributed by atoms with van der Waals surface area (Å²) in [5, 5.41) is 4.16. The number of rotatable bonds is 3. The lowest BCUT2D eigenvalue weighted by atomic mass is 10.2. The smallest absolute Gasteiger partial charge is 0.333 e. The molecule has 0 aliphatic carbocycles. The average Bonchev–Trinajstić information content (AvgIpc) is 2.59. The van der Waals surface area contributed by atoms with E-state index in [0.717, 1.165) is 10.2 Å². The van der Waals surface area contributed by atoms with Gasteiger partial charge in [-0.3, -0.25) is 0 Å². The third kappa shape index (κ3) is 1.83. The summed E-state index contributed by atoms with van der Waals surface area (Å²) in [5.41, 5.74) is 0.493. The van der Waals surface area contributed by atoms with Crippen LogP contribution < -0.4 is 11.5 Å². The number of nitrogen functional groups attached to an aromatic ring is 1. The number of thiol groups is 1. The Morgan fingerprint density at radius 2 is 2.00 bits per heavy atom. The Morgan fingerprint density at radius 3 is 2.62 bits per heavy atom. The van der Waals surface area contributed by atoms with Crippen molar-refractivity contribution < 1.29 is 0 Å². The first-order valence-electron chi connectivity index (χ1n) is 4.85. The highest BCUT2D eigenvalue weighted by Crippen LogP contribution is 2.12. The molecule has 6 heteroatoms. The fraction of sp³-hybridized carbons (Fsp3) is 0.200. The maximum absolute atomic E-state index is 11.7. The maximum atomic E-state index is 11.7. The number of hydrogen-bond donors (Lipinski definition) is 2. The van der Waals surface area contributed by atoms with Crippen LogP contribution in [0.3, 0.4) is 0 Å². The van der Waals surface area contributed by atoms with Gasteiger partial charge in [0.05, 0.1) is 6.54 Å². The second kappa shape index (κ2) is 4.44. The molecule has 0 atom stereocenters. The Balaban J connectivity index is 2.51. The number of nitrogens with two attached hydrogens (primary N) is 1. The summed E-state index contributed by atoms with van der Waals surface area (Å²) in [6, 6.07) is 9.36. The molecule has 0 aliphatic heterocycles. The van der Waals surface area contributed by atoms with E-state index in [2.05, 4.69) is 17.7 Å². The van der Waals surface area contributed by atoms with Gasteiger partial charge in [0.1, 0.15) is 0 Å². The Labute approximate surface area is 97.9 Å². The fourth-order valence-electron chi connectivity index (χ4n) is 1.44. The van der Waals surface area contributed by atoms with E-state index < -0.39 is 0 Å². The summed E-state index contributed by atoms with van der Waals surface area (Å²) >= 11 is 4.06. The second-order valence-electron chi connectivity index (χ2n) is 3.29. The summed E-state index contributed by atoms with van der Waals surface area (Å²) in [6.07, 6.45) is 0. The third-order valence-corrected chi connectivity index (χ3v) is 2.41. The van der Waals surface area contributed by atoms with Gasteiger partial charge in [-0.25, -0.2) is 9.48 Å². The van der Waals surface area contributed by atoms with E-state index in [1.165, 1.54) is 4.68 Å². The van der Waals surface area contributed by atoms with Gasteiger partial charge in [0, 0.05) is 11.3 Å². The molecule has 0 amide bonds. The molecule has 16 heavy (non-hydrogen) atoms. The van der Waals surface area contributed by atoms with Crippen molar-refractivity contribution in [1.29, 1.82) is 0 Å². The van der Waals surface area contributed by atoms with Crippen LogP contribution >= 0.6 is 12.6 Å². The molecule has 0 unspecified atom stereocenters. The quantitative estimate of drug-likeness (QED) is 0.597. The summed E-state index contributed by atoms with van der Waals surface area (Å²) in [6.45, 7) is 0.450. The van der Waals surface area contributed by atoms with Crippen LogP contribution in [0.5, 0.6) is 0 Å². The van der Waals surface area contributed by atoms with Crippen molar-refractivity contribution in [3.63, 3.8) is 0 Å². The fourth-order valence-corrected chi connectivity index (χ4v) is 1.63. The first kappa shape index (κ1) is 10.8. The highest BCUT2D eigenvalue weighted by Gasteiger charge is 2.11. The van der Waals surface area contributed by atoms with Crippen LogP contribution in [0, 0.1) is 0 Å². The van der Waals surface area contributed by atoms with E-state index in [4.69, 9.17) is 5.84 Å². The molecule has 0 aliphatic rings. The van der Waals surface area contributed by atoms with Crippen LogP contribution in [0.2, 0.25) is 0 Å². The largest absolute Gasteiger partial charge is 0.364 e. The highest BCUT2D eigenvalue weighted by atomic mass is 32.1. The maximum Gasteiger partial charge on any atom is 0.364 e. The number of aryl methyl sites for hydroxylation is 1. The van der Waals surface area contributed by atoms with Crippen molar-refractivity contribution in [2.24, 2.45) is 0 Å². The van der Waals surface area contributed by atoms with Crippen LogP contribution in [0.25, 0.3) is 11.4 Å². The zero-order valence-corrected chi connectivity index (χ0v) is 9.47. The Morgan fingerprint density at radius 1 is 1.31 bits per heavy atom. The van der Waals surface area contributed by atoms with Crippen molar-refractivity contribution in [2.75, 3.05) is 11.6 Å². The van der Waals surface area contributed by atoms with Gasteiger partial charge in [-0.05, 0) is 0 Å². The second-order valence-corrected chi connectivity index (χ2v) is 3.74. The van der Waals surface area contributed by atoms with E-state index in [1.54, 1.807) is 0 Å². The first-order chi connectivity index (χ1) is 7.74. The molecule has 2 aromatic rings. The minimum atomic E-state index is -0.326. The minimum absolute atomic E-state index is 0.326. The topological polar surface area (TPSA) is 65.8 Å². The molecule has 1 aromatic heterocycles. The lowest BCUT2D eigenvalue weighted by molar-refractivity contribution is 0.634. The predicted molar refractivity (Wildman–Crippen MR) is 65.9 cm³/mol. The van der Waals surface area contributed by atoms with Crippen molar-refractivity contribution in [2.45, 2.75) is 6.54 Å². The third-order valence-electron chi connectivity index (χ3n) is 2.21. The zero-order chi connectivity index (χ0) is 11.5. The van der Waals surface area contributed by atoms with Gasteiger partial charge in [-0.15, -0.1) is 5.10 Å². The SMILES string of the molecule is Nn1c(-c2ccccc2)nn(CCS)c1=O. The molecule has 0 saturated heterocycles. The Hall–Kier alpha value is -1.69. The van der Waals surface area contributed by atoms with Gasteiger partial charge < -0.3 is 5.84 Å². The van der Waals surface area contributed by atoms with Crippen molar-refractivity contribution in [1.82, 2.24) is 14.5 Å². The monoisotopic (exact) mass is 236 g/mol. The minimum Gasteiger partial charge on any atom is -0.333 e. The van der Waals surface area contributed by atoms with E-state index in [1.807, 2.05) is 30.3 Å². The molecule has 2 N–H and O–H groups in total. The lowest BCUT2D eigenvalue weighted by Crippen LogP contribution is -2.30. The molecular weight excluding hydrogens is 224 g/mol. The Kier molecular flexibility index (Phi) is 3.00. The van der Waals surface area contributed by atoms with Gasteiger partial charge in [-0.1, -0.05) is 30.3 Å². The summed E-state index contributed by atoms with van der Waals surface area (Å²) < 4.78 is 2.37. The average molecular weight is 236 g/mol. The number of hydrogen-bond acceptors (Lipinski definition) is 4. The van der Waals surface area contributed by atoms with Gasteiger partial charge in [-0.2, -0.15) is 17.3 Å². The molecule has 1 aromatic carbocycles. The van der Waals surface area contributed by atoms with Gasteiger partial charge in [0.15, 0.2) is 5.82 Å². The highest BCUT2D eigenvalue weighted by molar-refractivity contribution is 7.80. The summed E-state index contributed by atoms with van der Waals surface area (Å²) in [4.78, 5) is 11.7. The van der Waals surface area contributed by atoms with E-state index >= 15 is 0 Å². The van der Waals surface area contributed by atoms with Crippen molar-refractivity contribution >= 4 is 12.6 Å². The van der Waals surface area contributed by atoms with Gasteiger partial charge >= 0.3 is 5.69 Å². The first-order valence-corrected chi connectivity index (χ1v) is 5.48. The molecule has 1 heterocycles. The van der Waals surface area contributed by atoms with E-state index in [9.17, 15) is 4.79 Å².